The number of benzene rings is 1. The van der Waals surface area contributed by atoms with Gasteiger partial charge in [-0.05, 0) is 36.6 Å². The highest BCUT2D eigenvalue weighted by Gasteiger charge is 2.32. The van der Waals surface area contributed by atoms with E-state index in [-0.39, 0.29) is 12.5 Å². The van der Waals surface area contributed by atoms with Crippen molar-refractivity contribution in [2.45, 2.75) is 39.5 Å². The van der Waals surface area contributed by atoms with Crippen molar-refractivity contribution in [3.8, 4) is 0 Å². The molecule has 1 aromatic rings. The first kappa shape index (κ1) is 23.9. The van der Waals surface area contributed by atoms with Gasteiger partial charge >= 0.3 is 0 Å². The van der Waals surface area contributed by atoms with Crippen molar-refractivity contribution >= 4 is 56.1 Å². The number of unbranched alkanes of at least 4 members (excludes halogenated alkanes) is 2. The maximum atomic E-state index is 12.5. The average molecular weight is 457 g/mol. The Balaban J connectivity index is 2.10. The van der Waals surface area contributed by atoms with Crippen LogP contribution in [0.1, 0.15) is 45.1 Å². The van der Waals surface area contributed by atoms with Gasteiger partial charge in [-0.1, -0.05) is 62.8 Å². The number of rotatable bonds is 11. The molecule has 0 aromatic heterocycles. The number of carbonyl (C=O) groups excluding carboxylic acids is 1. The number of hydrogen-bond donors (Lipinski definition) is 1. The Labute approximate surface area is 183 Å². The lowest BCUT2D eigenvalue weighted by Crippen LogP contribution is -2.32. The van der Waals surface area contributed by atoms with Crippen LogP contribution in [0.25, 0.3) is 6.08 Å². The summed E-state index contributed by atoms with van der Waals surface area (Å²) >= 11 is 6.32. The van der Waals surface area contributed by atoms with E-state index in [1.165, 1.54) is 10.6 Å². The summed E-state index contributed by atoms with van der Waals surface area (Å²) < 4.78 is 31.1. The first-order valence-corrected chi connectivity index (χ1v) is 12.6. The molecule has 9 heteroatoms. The topological polar surface area (TPSA) is 77.9 Å². The van der Waals surface area contributed by atoms with Gasteiger partial charge in [-0.3, -0.25) is 14.2 Å². The fraction of sp³-hybridized carbons (Fsp3) is 0.500. The standard InChI is InChI=1S/C20H28N2O4S3/c1-3-5-11-21(12-6-4-2)17-9-7-16(8-10-17)15-18-19(23)22(20(27)28-18)13-14-29(24,25)26/h7-10,15H,3-6,11-14H2,1-2H3,(H,24,25,26). The van der Waals surface area contributed by atoms with Gasteiger partial charge in [0.15, 0.2) is 0 Å². The summed E-state index contributed by atoms with van der Waals surface area (Å²) in [7, 11) is -4.15. The first-order valence-electron chi connectivity index (χ1n) is 9.80. The van der Waals surface area contributed by atoms with Gasteiger partial charge in [0.2, 0.25) is 0 Å². The predicted molar refractivity (Wildman–Crippen MR) is 125 cm³/mol. The van der Waals surface area contributed by atoms with E-state index >= 15 is 0 Å². The minimum atomic E-state index is -4.15. The molecule has 1 aliphatic heterocycles. The van der Waals surface area contributed by atoms with Gasteiger partial charge in [-0.2, -0.15) is 8.42 Å². The number of amides is 1. The molecule has 0 unspecified atom stereocenters. The van der Waals surface area contributed by atoms with Crippen molar-refractivity contribution in [3.05, 3.63) is 34.7 Å². The summed E-state index contributed by atoms with van der Waals surface area (Å²) in [5.41, 5.74) is 2.06. The lowest BCUT2D eigenvalue weighted by Gasteiger charge is -2.24. The number of nitrogens with zero attached hydrogens (tertiary/aromatic N) is 2. The molecule has 0 spiro atoms. The Morgan fingerprint density at radius 2 is 1.72 bits per heavy atom. The number of hydrogen-bond acceptors (Lipinski definition) is 6. The highest BCUT2D eigenvalue weighted by atomic mass is 32.2. The van der Waals surface area contributed by atoms with Crippen LogP contribution in [0.3, 0.4) is 0 Å². The molecular weight excluding hydrogens is 428 g/mol. The summed E-state index contributed by atoms with van der Waals surface area (Å²) in [5.74, 6) is -0.868. The predicted octanol–water partition coefficient (Wildman–Crippen LogP) is 4.18. The number of anilines is 1. The van der Waals surface area contributed by atoms with E-state index in [0.717, 1.165) is 56.1 Å². The van der Waals surface area contributed by atoms with Gasteiger partial charge < -0.3 is 4.90 Å². The molecule has 160 valence electrons. The van der Waals surface area contributed by atoms with Crippen LogP contribution in [0.15, 0.2) is 29.2 Å². The third-order valence-electron chi connectivity index (χ3n) is 4.57. The summed E-state index contributed by atoms with van der Waals surface area (Å²) in [4.78, 5) is 16.6. The van der Waals surface area contributed by atoms with Crippen LogP contribution in [0.2, 0.25) is 0 Å². The molecule has 2 rings (SSSR count). The summed E-state index contributed by atoms with van der Waals surface area (Å²) in [6.45, 7) is 6.29. The number of thiocarbonyl (C=S) groups is 1. The van der Waals surface area contributed by atoms with E-state index in [2.05, 4.69) is 30.9 Å². The average Bonchev–Trinajstić information content (AvgIpc) is 2.93. The van der Waals surface area contributed by atoms with Gasteiger partial charge in [0.25, 0.3) is 16.0 Å². The Morgan fingerprint density at radius 1 is 1.14 bits per heavy atom. The van der Waals surface area contributed by atoms with Crippen molar-refractivity contribution in [3.63, 3.8) is 0 Å². The molecule has 0 radical (unpaired) electrons. The monoisotopic (exact) mass is 456 g/mol. The second-order valence-electron chi connectivity index (χ2n) is 6.91. The largest absolute Gasteiger partial charge is 0.372 e. The van der Waals surface area contributed by atoms with Gasteiger partial charge in [0.1, 0.15) is 4.32 Å². The lowest BCUT2D eigenvalue weighted by molar-refractivity contribution is -0.121. The minimum Gasteiger partial charge on any atom is -0.372 e. The quantitative estimate of drug-likeness (QED) is 0.304. The fourth-order valence-corrected chi connectivity index (χ4v) is 4.62. The van der Waals surface area contributed by atoms with Gasteiger partial charge in [-0.15, -0.1) is 0 Å². The van der Waals surface area contributed by atoms with Crippen molar-refractivity contribution < 1.29 is 17.8 Å². The Bertz CT molecular complexity index is 843. The molecule has 1 saturated heterocycles. The third-order valence-corrected chi connectivity index (χ3v) is 6.64. The summed E-state index contributed by atoms with van der Waals surface area (Å²) in [5, 5.41) is 0. The van der Waals surface area contributed by atoms with Crippen molar-refractivity contribution in [1.82, 2.24) is 4.90 Å². The normalized spacial score (nSPS) is 16.1. The Hall–Kier alpha value is -1.42. The molecule has 1 heterocycles. The van der Waals surface area contributed by atoms with E-state index < -0.39 is 15.9 Å². The van der Waals surface area contributed by atoms with E-state index in [1.807, 2.05) is 12.1 Å². The fourth-order valence-electron chi connectivity index (χ4n) is 2.90. The Morgan fingerprint density at radius 3 is 2.24 bits per heavy atom. The highest BCUT2D eigenvalue weighted by Crippen LogP contribution is 2.32. The van der Waals surface area contributed by atoms with Crippen LogP contribution < -0.4 is 4.90 Å². The van der Waals surface area contributed by atoms with E-state index in [0.29, 0.717) is 9.23 Å². The van der Waals surface area contributed by atoms with E-state index in [4.69, 9.17) is 16.8 Å². The zero-order valence-corrected chi connectivity index (χ0v) is 19.3. The van der Waals surface area contributed by atoms with Crippen LogP contribution in [0, 0.1) is 0 Å². The SMILES string of the molecule is CCCCN(CCCC)c1ccc(C=C2SC(=S)N(CCS(=O)(=O)O)C2=O)cc1. The second-order valence-corrected chi connectivity index (χ2v) is 10.2. The van der Waals surface area contributed by atoms with Crippen LogP contribution in [0.4, 0.5) is 5.69 Å². The highest BCUT2D eigenvalue weighted by molar-refractivity contribution is 8.26. The molecular formula is C20H28N2O4S3. The van der Waals surface area contributed by atoms with E-state index in [1.54, 1.807) is 6.08 Å². The molecule has 1 aromatic carbocycles. The number of carbonyl (C=O) groups is 1. The smallest absolute Gasteiger partial charge is 0.266 e. The molecule has 6 nitrogen and oxygen atoms in total. The molecule has 0 bridgehead atoms. The van der Waals surface area contributed by atoms with Gasteiger partial charge in [-0.25, -0.2) is 0 Å². The van der Waals surface area contributed by atoms with Crippen LogP contribution in [-0.2, 0) is 14.9 Å². The van der Waals surface area contributed by atoms with Crippen molar-refractivity contribution in [1.29, 1.82) is 0 Å². The molecule has 0 saturated carbocycles. The van der Waals surface area contributed by atoms with Crippen LogP contribution >= 0.6 is 24.0 Å². The van der Waals surface area contributed by atoms with Crippen LogP contribution in [0.5, 0.6) is 0 Å². The van der Waals surface area contributed by atoms with Gasteiger partial charge in [0.05, 0.1) is 10.7 Å². The van der Waals surface area contributed by atoms with Crippen molar-refractivity contribution in [2.24, 2.45) is 0 Å². The maximum absolute atomic E-state index is 12.5. The zero-order valence-electron chi connectivity index (χ0n) is 16.8. The van der Waals surface area contributed by atoms with Gasteiger partial charge in [0, 0.05) is 25.3 Å². The second kappa shape index (κ2) is 11.1. The summed E-state index contributed by atoms with van der Waals surface area (Å²) in [6.07, 6.45) is 6.37. The summed E-state index contributed by atoms with van der Waals surface area (Å²) in [6, 6.07) is 8.09. The molecule has 0 atom stereocenters. The van der Waals surface area contributed by atoms with E-state index in [9.17, 15) is 13.2 Å². The molecule has 1 aliphatic rings. The first-order chi connectivity index (χ1) is 13.7. The molecule has 29 heavy (non-hydrogen) atoms. The molecule has 1 amide bonds. The Kier molecular flexibility index (Phi) is 9.13. The lowest BCUT2D eigenvalue weighted by atomic mass is 10.1. The zero-order chi connectivity index (χ0) is 21.4. The van der Waals surface area contributed by atoms with Crippen LogP contribution in [-0.4, -0.2) is 53.5 Å². The molecule has 1 fully saturated rings. The molecule has 1 N–H and O–H groups in total. The maximum Gasteiger partial charge on any atom is 0.266 e. The number of thioether (sulfide) groups is 1. The third kappa shape index (κ3) is 7.40. The minimum absolute atomic E-state index is 0.149. The molecule has 0 aliphatic carbocycles. The van der Waals surface area contributed by atoms with Crippen molar-refractivity contribution in [2.75, 3.05) is 30.3 Å².